The summed E-state index contributed by atoms with van der Waals surface area (Å²) < 4.78 is 0. The van der Waals surface area contributed by atoms with E-state index in [1.54, 1.807) is 11.8 Å². The number of piperazine rings is 1. The largest absolute Gasteiger partial charge is 0.339 e. The minimum absolute atomic E-state index is 0.0376. The Morgan fingerprint density at radius 1 is 1.09 bits per heavy atom. The van der Waals surface area contributed by atoms with Crippen molar-refractivity contribution in [1.82, 2.24) is 9.80 Å². The number of likely N-dealkylation sites (N-methyl/N-ethyl adjacent to an activating group) is 1. The Hall–Kier alpha value is -1.52. The highest BCUT2D eigenvalue weighted by atomic mass is 32.2. The monoisotopic (exact) mass is 328 g/mol. The maximum atomic E-state index is 12.6. The van der Waals surface area contributed by atoms with E-state index in [0.717, 1.165) is 37.6 Å². The first-order chi connectivity index (χ1) is 11.2. The second-order valence-corrected chi connectivity index (χ2v) is 7.44. The highest BCUT2D eigenvalue weighted by Crippen LogP contribution is 2.28. The van der Waals surface area contributed by atoms with Gasteiger partial charge in [-0.05, 0) is 36.4 Å². The standard InChI is InChI=1S/C19H24N2OS/c1-3-20-10-12-21(13-11-20)19(22)15(2)23-18-9-8-16-6-4-5-7-17(16)14-18/h4-9,14-15H,3,10-13H2,1-2H3. The Morgan fingerprint density at radius 3 is 2.48 bits per heavy atom. The van der Waals surface area contributed by atoms with Crippen LogP contribution in [0, 0.1) is 0 Å². The van der Waals surface area contributed by atoms with Gasteiger partial charge in [0.1, 0.15) is 0 Å². The topological polar surface area (TPSA) is 23.6 Å². The summed E-state index contributed by atoms with van der Waals surface area (Å²) in [5.41, 5.74) is 0. The van der Waals surface area contributed by atoms with E-state index >= 15 is 0 Å². The third-order valence-corrected chi connectivity index (χ3v) is 5.59. The summed E-state index contributed by atoms with van der Waals surface area (Å²) >= 11 is 1.66. The lowest BCUT2D eigenvalue weighted by molar-refractivity contribution is -0.132. The Labute approximate surface area is 142 Å². The molecule has 1 unspecified atom stereocenters. The average Bonchev–Trinajstić information content (AvgIpc) is 2.61. The number of hydrogen-bond acceptors (Lipinski definition) is 3. The number of benzene rings is 2. The zero-order valence-corrected chi connectivity index (χ0v) is 14.7. The first-order valence-corrected chi connectivity index (χ1v) is 9.22. The highest BCUT2D eigenvalue weighted by Gasteiger charge is 2.24. The van der Waals surface area contributed by atoms with Crippen molar-refractivity contribution in [2.75, 3.05) is 32.7 Å². The molecule has 0 N–H and O–H groups in total. The molecule has 2 aromatic carbocycles. The van der Waals surface area contributed by atoms with Crippen molar-refractivity contribution >= 4 is 28.4 Å². The Kier molecular flexibility index (Phi) is 5.23. The van der Waals surface area contributed by atoms with Crippen LogP contribution in [0.15, 0.2) is 47.4 Å². The molecule has 23 heavy (non-hydrogen) atoms. The van der Waals surface area contributed by atoms with Crippen LogP contribution in [-0.4, -0.2) is 53.7 Å². The van der Waals surface area contributed by atoms with Gasteiger partial charge >= 0.3 is 0 Å². The summed E-state index contributed by atoms with van der Waals surface area (Å²) in [6.45, 7) is 8.98. The van der Waals surface area contributed by atoms with Gasteiger partial charge in [-0.25, -0.2) is 0 Å². The molecule has 1 atom stereocenters. The van der Waals surface area contributed by atoms with Crippen LogP contribution in [0.4, 0.5) is 0 Å². The van der Waals surface area contributed by atoms with E-state index in [2.05, 4.69) is 54.3 Å². The van der Waals surface area contributed by atoms with Crippen LogP contribution in [0.2, 0.25) is 0 Å². The van der Waals surface area contributed by atoms with Gasteiger partial charge < -0.3 is 9.80 Å². The number of thioether (sulfide) groups is 1. The zero-order chi connectivity index (χ0) is 16.2. The molecule has 4 heteroatoms. The summed E-state index contributed by atoms with van der Waals surface area (Å²) in [5, 5.41) is 2.43. The molecular formula is C19H24N2OS. The molecule has 122 valence electrons. The fourth-order valence-corrected chi connectivity index (χ4v) is 4.04. The predicted molar refractivity (Wildman–Crippen MR) is 98.0 cm³/mol. The SMILES string of the molecule is CCN1CCN(C(=O)C(C)Sc2ccc3ccccc3c2)CC1. The zero-order valence-electron chi connectivity index (χ0n) is 13.9. The van der Waals surface area contributed by atoms with Crippen LogP contribution in [0.3, 0.4) is 0 Å². The summed E-state index contributed by atoms with van der Waals surface area (Å²) in [5.74, 6) is 0.263. The second-order valence-electron chi connectivity index (χ2n) is 6.03. The number of rotatable bonds is 4. The van der Waals surface area contributed by atoms with Crippen LogP contribution in [0.25, 0.3) is 10.8 Å². The van der Waals surface area contributed by atoms with Crippen molar-refractivity contribution < 1.29 is 4.79 Å². The minimum Gasteiger partial charge on any atom is -0.339 e. The highest BCUT2D eigenvalue weighted by molar-refractivity contribution is 8.00. The van der Waals surface area contributed by atoms with Gasteiger partial charge in [0.25, 0.3) is 0 Å². The Morgan fingerprint density at radius 2 is 1.78 bits per heavy atom. The smallest absolute Gasteiger partial charge is 0.235 e. The molecule has 0 spiro atoms. The predicted octanol–water partition coefficient (Wildman–Crippen LogP) is 3.48. The van der Waals surface area contributed by atoms with E-state index < -0.39 is 0 Å². The van der Waals surface area contributed by atoms with Crippen LogP contribution in [-0.2, 0) is 4.79 Å². The summed E-state index contributed by atoms with van der Waals surface area (Å²) in [4.78, 5) is 18.2. The molecule has 0 saturated carbocycles. The molecule has 1 saturated heterocycles. The van der Waals surface area contributed by atoms with Crippen molar-refractivity contribution in [1.29, 1.82) is 0 Å². The van der Waals surface area contributed by atoms with E-state index in [4.69, 9.17) is 0 Å². The van der Waals surface area contributed by atoms with Crippen LogP contribution >= 0.6 is 11.8 Å². The molecule has 2 aromatic rings. The quantitative estimate of drug-likeness (QED) is 0.803. The van der Waals surface area contributed by atoms with Crippen molar-refractivity contribution in [3.05, 3.63) is 42.5 Å². The maximum absolute atomic E-state index is 12.6. The average molecular weight is 328 g/mol. The fraction of sp³-hybridized carbons (Fsp3) is 0.421. The lowest BCUT2D eigenvalue weighted by atomic mass is 10.1. The molecular weight excluding hydrogens is 304 g/mol. The summed E-state index contributed by atoms with van der Waals surface area (Å²) in [6, 6.07) is 14.8. The van der Waals surface area contributed by atoms with E-state index in [-0.39, 0.29) is 11.2 Å². The van der Waals surface area contributed by atoms with E-state index in [1.165, 1.54) is 10.8 Å². The van der Waals surface area contributed by atoms with Gasteiger partial charge in [-0.1, -0.05) is 37.3 Å². The van der Waals surface area contributed by atoms with Crippen molar-refractivity contribution in [3.8, 4) is 0 Å². The normalized spacial score (nSPS) is 17.4. The third kappa shape index (κ3) is 3.88. The van der Waals surface area contributed by atoms with Gasteiger partial charge in [0.2, 0.25) is 5.91 Å². The molecule has 0 aliphatic carbocycles. The van der Waals surface area contributed by atoms with Crippen LogP contribution in [0.1, 0.15) is 13.8 Å². The molecule has 0 radical (unpaired) electrons. The fourth-order valence-electron chi connectivity index (χ4n) is 3.04. The Bertz CT molecular complexity index is 680. The van der Waals surface area contributed by atoms with E-state index in [9.17, 15) is 4.79 Å². The number of carbonyl (C=O) groups is 1. The van der Waals surface area contributed by atoms with Gasteiger partial charge in [0.05, 0.1) is 5.25 Å². The molecule has 1 fully saturated rings. The molecule has 1 heterocycles. The molecule has 0 bridgehead atoms. The molecule has 1 aliphatic heterocycles. The van der Waals surface area contributed by atoms with Crippen molar-refractivity contribution in [2.45, 2.75) is 24.0 Å². The summed E-state index contributed by atoms with van der Waals surface area (Å²) in [6.07, 6.45) is 0. The Balaban J connectivity index is 1.63. The lowest BCUT2D eigenvalue weighted by Gasteiger charge is -2.35. The van der Waals surface area contributed by atoms with Gasteiger partial charge in [0, 0.05) is 31.1 Å². The maximum Gasteiger partial charge on any atom is 0.235 e. The minimum atomic E-state index is -0.0376. The van der Waals surface area contributed by atoms with Gasteiger partial charge in [-0.15, -0.1) is 11.8 Å². The number of fused-ring (bicyclic) bond motifs is 1. The third-order valence-electron chi connectivity index (χ3n) is 4.51. The molecule has 3 nitrogen and oxygen atoms in total. The van der Waals surface area contributed by atoms with Gasteiger partial charge in [-0.2, -0.15) is 0 Å². The molecule has 3 rings (SSSR count). The van der Waals surface area contributed by atoms with Gasteiger partial charge in [-0.3, -0.25) is 4.79 Å². The molecule has 1 amide bonds. The second kappa shape index (κ2) is 7.37. The first kappa shape index (κ1) is 16.3. The number of carbonyl (C=O) groups excluding carboxylic acids is 1. The molecule has 1 aliphatic rings. The summed E-state index contributed by atoms with van der Waals surface area (Å²) in [7, 11) is 0. The van der Waals surface area contributed by atoms with E-state index in [1.807, 2.05) is 11.8 Å². The molecule has 0 aromatic heterocycles. The first-order valence-electron chi connectivity index (χ1n) is 8.34. The van der Waals surface area contributed by atoms with Crippen molar-refractivity contribution in [2.24, 2.45) is 0 Å². The van der Waals surface area contributed by atoms with Crippen LogP contribution < -0.4 is 0 Å². The van der Waals surface area contributed by atoms with E-state index in [0.29, 0.717) is 0 Å². The lowest BCUT2D eigenvalue weighted by Crippen LogP contribution is -2.50. The number of hydrogen-bond donors (Lipinski definition) is 0. The van der Waals surface area contributed by atoms with Crippen LogP contribution in [0.5, 0.6) is 0 Å². The van der Waals surface area contributed by atoms with Gasteiger partial charge in [0.15, 0.2) is 0 Å². The number of amides is 1. The van der Waals surface area contributed by atoms with Crippen molar-refractivity contribution in [3.63, 3.8) is 0 Å². The number of nitrogens with zero attached hydrogens (tertiary/aromatic N) is 2.